The third kappa shape index (κ3) is 4.76. The molecule has 0 spiro atoms. The zero-order chi connectivity index (χ0) is 16.2. The van der Waals surface area contributed by atoms with Crippen molar-refractivity contribution < 1.29 is 22.3 Å². The molecule has 21 heavy (non-hydrogen) atoms. The molecule has 0 saturated heterocycles. The van der Waals surface area contributed by atoms with Crippen LogP contribution in [-0.2, 0) is 14.8 Å². The lowest BCUT2D eigenvalue weighted by Gasteiger charge is -2.13. The molecular formula is C13H19FN2O4S. The number of nitrogens with two attached hydrogens (primary N) is 1. The number of nitrogens with one attached hydrogen (secondary N) is 1. The predicted octanol–water partition coefficient (Wildman–Crippen LogP) is 0.936. The maximum atomic E-state index is 13.8. The van der Waals surface area contributed by atoms with Crippen molar-refractivity contribution in [2.45, 2.75) is 31.8 Å². The first-order valence-corrected chi connectivity index (χ1v) is 7.94. The van der Waals surface area contributed by atoms with Crippen LogP contribution in [0.3, 0.4) is 0 Å². The van der Waals surface area contributed by atoms with Crippen molar-refractivity contribution in [3.63, 3.8) is 0 Å². The summed E-state index contributed by atoms with van der Waals surface area (Å²) in [6.07, 6.45) is -0.231. The highest BCUT2D eigenvalue weighted by molar-refractivity contribution is 7.89. The smallest absolute Gasteiger partial charge is 0.254 e. The Morgan fingerprint density at radius 1 is 1.48 bits per heavy atom. The minimum atomic E-state index is -4.02. The Balaban J connectivity index is 3.00. The van der Waals surface area contributed by atoms with E-state index in [9.17, 15) is 17.6 Å². The van der Waals surface area contributed by atoms with E-state index in [1.54, 1.807) is 6.92 Å². The molecule has 1 rings (SSSR count). The third-order valence-electron chi connectivity index (χ3n) is 2.82. The standard InChI is InChI=1S/C13H19FN2O4S/c1-4-20-9(3)7-16-13(17)10-6-12(21(15,18)19)8(2)5-11(10)14/h5-6,9H,4,7H2,1-3H3,(H,16,17)(H2,15,18,19). The molecule has 0 aromatic heterocycles. The monoisotopic (exact) mass is 318 g/mol. The number of halogens is 1. The molecule has 1 aromatic carbocycles. The third-order valence-corrected chi connectivity index (χ3v) is 3.87. The second-order valence-corrected chi connectivity index (χ2v) is 6.15. The second-order valence-electron chi connectivity index (χ2n) is 4.62. The first-order valence-electron chi connectivity index (χ1n) is 6.39. The van der Waals surface area contributed by atoms with Gasteiger partial charge >= 0.3 is 0 Å². The maximum Gasteiger partial charge on any atom is 0.254 e. The van der Waals surface area contributed by atoms with Crippen molar-refractivity contribution in [1.82, 2.24) is 5.32 Å². The van der Waals surface area contributed by atoms with E-state index in [0.29, 0.717) is 6.61 Å². The molecule has 118 valence electrons. The number of hydrogen-bond acceptors (Lipinski definition) is 4. The Kier molecular flexibility index (Phi) is 5.82. The van der Waals surface area contributed by atoms with Gasteiger partial charge in [-0.3, -0.25) is 4.79 Å². The van der Waals surface area contributed by atoms with Gasteiger partial charge in [0.1, 0.15) is 5.82 Å². The van der Waals surface area contributed by atoms with Gasteiger partial charge in [-0.1, -0.05) is 0 Å². The second kappa shape index (κ2) is 6.97. The van der Waals surface area contributed by atoms with E-state index < -0.39 is 21.7 Å². The summed E-state index contributed by atoms with van der Waals surface area (Å²) >= 11 is 0. The summed E-state index contributed by atoms with van der Waals surface area (Å²) in [5, 5.41) is 7.52. The maximum absolute atomic E-state index is 13.8. The van der Waals surface area contributed by atoms with Crippen molar-refractivity contribution in [1.29, 1.82) is 0 Å². The molecule has 1 aromatic rings. The molecule has 0 aliphatic heterocycles. The first kappa shape index (κ1) is 17.5. The number of carbonyl (C=O) groups excluding carboxylic acids is 1. The Morgan fingerprint density at radius 3 is 2.62 bits per heavy atom. The lowest BCUT2D eigenvalue weighted by Crippen LogP contribution is -2.33. The summed E-state index contributed by atoms with van der Waals surface area (Å²) < 4.78 is 41.8. The van der Waals surface area contributed by atoms with Gasteiger partial charge in [-0.25, -0.2) is 17.9 Å². The predicted molar refractivity (Wildman–Crippen MR) is 75.9 cm³/mol. The highest BCUT2D eigenvalue weighted by Gasteiger charge is 2.19. The number of ether oxygens (including phenoxy) is 1. The van der Waals surface area contributed by atoms with E-state index in [1.807, 2.05) is 6.92 Å². The average Bonchev–Trinajstić information content (AvgIpc) is 2.34. The molecule has 0 saturated carbocycles. The lowest BCUT2D eigenvalue weighted by molar-refractivity contribution is 0.0693. The number of sulfonamides is 1. The van der Waals surface area contributed by atoms with Crippen LogP contribution in [-0.4, -0.2) is 33.6 Å². The van der Waals surface area contributed by atoms with E-state index in [1.165, 1.54) is 6.92 Å². The van der Waals surface area contributed by atoms with Crippen molar-refractivity contribution in [2.75, 3.05) is 13.2 Å². The molecular weight excluding hydrogens is 299 g/mol. The largest absolute Gasteiger partial charge is 0.377 e. The normalized spacial score (nSPS) is 13.0. The van der Waals surface area contributed by atoms with Crippen molar-refractivity contribution in [3.8, 4) is 0 Å². The molecule has 8 heteroatoms. The van der Waals surface area contributed by atoms with Crippen LogP contribution in [0, 0.1) is 12.7 Å². The van der Waals surface area contributed by atoms with Crippen LogP contribution in [0.1, 0.15) is 29.8 Å². The fraction of sp³-hybridized carbons (Fsp3) is 0.462. The number of amides is 1. The fourth-order valence-electron chi connectivity index (χ4n) is 1.81. The minimum Gasteiger partial charge on any atom is -0.377 e. The molecule has 1 unspecified atom stereocenters. The van der Waals surface area contributed by atoms with E-state index >= 15 is 0 Å². The Labute approximate surface area is 123 Å². The Hall–Kier alpha value is -1.51. The van der Waals surface area contributed by atoms with Crippen molar-refractivity contribution in [2.24, 2.45) is 5.14 Å². The van der Waals surface area contributed by atoms with Gasteiger partial charge in [0.25, 0.3) is 5.91 Å². The summed E-state index contributed by atoms with van der Waals surface area (Å²) in [5.41, 5.74) is -0.220. The van der Waals surface area contributed by atoms with Gasteiger partial charge in [0.05, 0.1) is 16.6 Å². The summed E-state index contributed by atoms with van der Waals surface area (Å²) in [5.74, 6) is -1.52. The number of aryl methyl sites for hydroxylation is 1. The molecule has 0 aliphatic carbocycles. The number of primary sulfonamides is 1. The Morgan fingerprint density at radius 2 is 2.10 bits per heavy atom. The number of carbonyl (C=O) groups is 1. The molecule has 0 radical (unpaired) electrons. The highest BCUT2D eigenvalue weighted by Crippen LogP contribution is 2.19. The number of rotatable bonds is 6. The molecule has 0 heterocycles. The zero-order valence-corrected chi connectivity index (χ0v) is 13.0. The fourth-order valence-corrected chi connectivity index (χ4v) is 2.60. The van der Waals surface area contributed by atoms with E-state index in [4.69, 9.17) is 9.88 Å². The van der Waals surface area contributed by atoms with Gasteiger partial charge in [-0.15, -0.1) is 0 Å². The van der Waals surface area contributed by atoms with E-state index in [-0.39, 0.29) is 28.7 Å². The quantitative estimate of drug-likeness (QED) is 0.815. The molecule has 0 aliphatic rings. The zero-order valence-electron chi connectivity index (χ0n) is 12.1. The van der Waals surface area contributed by atoms with Crippen LogP contribution in [0.25, 0.3) is 0 Å². The summed E-state index contributed by atoms with van der Waals surface area (Å²) in [6, 6.07) is 1.92. The topological polar surface area (TPSA) is 98.5 Å². The van der Waals surface area contributed by atoms with Crippen LogP contribution >= 0.6 is 0 Å². The minimum absolute atomic E-state index is 0.147. The SMILES string of the molecule is CCOC(C)CNC(=O)c1cc(S(N)(=O)=O)c(C)cc1F. The lowest BCUT2D eigenvalue weighted by atomic mass is 10.1. The molecule has 0 bridgehead atoms. The van der Waals surface area contributed by atoms with Crippen LogP contribution < -0.4 is 10.5 Å². The van der Waals surface area contributed by atoms with Crippen LogP contribution in [0.5, 0.6) is 0 Å². The summed E-state index contributed by atoms with van der Waals surface area (Å²) in [7, 11) is -4.02. The van der Waals surface area contributed by atoms with Gasteiger partial charge in [0, 0.05) is 13.2 Å². The van der Waals surface area contributed by atoms with Gasteiger partial charge in [0.15, 0.2) is 0 Å². The molecule has 3 N–H and O–H groups in total. The van der Waals surface area contributed by atoms with Gasteiger partial charge in [-0.2, -0.15) is 0 Å². The molecule has 0 fully saturated rings. The van der Waals surface area contributed by atoms with Crippen LogP contribution in [0.4, 0.5) is 4.39 Å². The molecule has 6 nitrogen and oxygen atoms in total. The van der Waals surface area contributed by atoms with Crippen LogP contribution in [0.15, 0.2) is 17.0 Å². The average molecular weight is 318 g/mol. The van der Waals surface area contributed by atoms with E-state index in [2.05, 4.69) is 5.32 Å². The highest BCUT2D eigenvalue weighted by atomic mass is 32.2. The first-order chi connectivity index (χ1) is 9.66. The van der Waals surface area contributed by atoms with Crippen molar-refractivity contribution >= 4 is 15.9 Å². The van der Waals surface area contributed by atoms with Crippen molar-refractivity contribution in [3.05, 3.63) is 29.1 Å². The molecule has 1 atom stereocenters. The van der Waals surface area contributed by atoms with Gasteiger partial charge in [-0.05, 0) is 38.5 Å². The summed E-state index contributed by atoms with van der Waals surface area (Å²) in [4.78, 5) is 11.7. The number of benzene rings is 1. The summed E-state index contributed by atoms with van der Waals surface area (Å²) in [6.45, 7) is 5.65. The Bertz CT molecular complexity index is 631. The molecule has 1 amide bonds. The van der Waals surface area contributed by atoms with E-state index in [0.717, 1.165) is 12.1 Å². The van der Waals surface area contributed by atoms with Gasteiger partial charge < -0.3 is 10.1 Å². The van der Waals surface area contributed by atoms with Gasteiger partial charge in [0.2, 0.25) is 10.0 Å². The van der Waals surface area contributed by atoms with Crippen LogP contribution in [0.2, 0.25) is 0 Å². The number of hydrogen-bond donors (Lipinski definition) is 2.